The molecule has 0 amide bonds. The topological polar surface area (TPSA) is 114 Å². The van der Waals surface area contributed by atoms with E-state index in [2.05, 4.69) is 10.2 Å². The van der Waals surface area contributed by atoms with Crippen LogP contribution in [-0.4, -0.2) is 10.0 Å². The number of anilines is 1. The van der Waals surface area contributed by atoms with Crippen molar-refractivity contribution in [3.05, 3.63) is 76.8 Å². The molecule has 0 fully saturated rings. The maximum absolute atomic E-state index is 11.4. The molecule has 0 radical (unpaired) electrons. The van der Waals surface area contributed by atoms with E-state index in [1.165, 1.54) is 18.2 Å². The Hall–Kier alpha value is -3.74. The fourth-order valence-electron chi connectivity index (χ4n) is 2.32. The van der Waals surface area contributed by atoms with Crippen LogP contribution < -0.4 is 5.73 Å². The summed E-state index contributed by atoms with van der Waals surface area (Å²) in [5.74, 6) is -0.0482. The number of hydrogen-bond acceptors (Lipinski definition) is 6. The Balaban J connectivity index is 2.01. The van der Waals surface area contributed by atoms with Gasteiger partial charge in [0.05, 0.1) is 10.6 Å². The second-order valence-corrected chi connectivity index (χ2v) is 5.27. The Morgan fingerprint density at radius 1 is 0.960 bits per heavy atom. The van der Waals surface area contributed by atoms with Crippen molar-refractivity contribution in [2.45, 2.75) is 0 Å². The molecule has 0 heterocycles. The number of nitrogens with zero attached hydrogens (tertiary/aromatic N) is 3. The van der Waals surface area contributed by atoms with E-state index in [0.29, 0.717) is 22.5 Å². The lowest BCUT2D eigenvalue weighted by molar-refractivity contribution is -0.384. The van der Waals surface area contributed by atoms with Crippen molar-refractivity contribution >= 4 is 22.7 Å². The highest BCUT2D eigenvalue weighted by atomic mass is 16.6. The second kappa shape index (κ2) is 6.79. The number of phenolic OH excluding ortho intramolecular Hbond substituents is 1. The fourth-order valence-corrected chi connectivity index (χ4v) is 2.32. The number of benzene rings is 3. The number of aromatic hydroxyl groups is 1. The molecule has 0 spiro atoms. The van der Waals surface area contributed by atoms with Gasteiger partial charge in [0, 0.05) is 23.4 Å². The van der Waals surface area contributed by atoms with Gasteiger partial charge in [-0.05, 0) is 35.9 Å². The van der Waals surface area contributed by atoms with Crippen molar-refractivity contribution in [3.63, 3.8) is 0 Å². The molecule has 3 aromatic rings. The van der Waals surface area contributed by atoms with E-state index in [0.717, 1.165) is 0 Å². The van der Waals surface area contributed by atoms with Crippen molar-refractivity contribution in [2.24, 2.45) is 10.2 Å². The number of nitrogen functional groups attached to an aromatic ring is 1. The zero-order chi connectivity index (χ0) is 17.8. The first kappa shape index (κ1) is 16.1. The average Bonchev–Trinajstić information content (AvgIpc) is 2.61. The Kier molecular flexibility index (Phi) is 4.38. The first-order valence-corrected chi connectivity index (χ1v) is 7.39. The smallest absolute Gasteiger partial charge is 0.297 e. The highest BCUT2D eigenvalue weighted by Crippen LogP contribution is 2.37. The first-order valence-electron chi connectivity index (χ1n) is 7.39. The maximum Gasteiger partial charge on any atom is 0.297 e. The van der Waals surface area contributed by atoms with Crippen LogP contribution in [0.25, 0.3) is 11.1 Å². The van der Waals surface area contributed by atoms with E-state index in [9.17, 15) is 15.2 Å². The molecule has 0 aliphatic rings. The summed E-state index contributed by atoms with van der Waals surface area (Å²) in [6, 6.07) is 18.0. The highest BCUT2D eigenvalue weighted by Gasteiger charge is 2.16. The van der Waals surface area contributed by atoms with Crippen LogP contribution in [0, 0.1) is 10.1 Å². The van der Waals surface area contributed by atoms with Gasteiger partial charge in [0.15, 0.2) is 5.69 Å². The standard InChI is InChI=1S/C18H14N4O3/c19-13-7-8-15(18(23)11-13)12-6-9-16(17(10-12)22(24)25)21-20-14-4-2-1-3-5-14/h1-11,23H,19H2. The van der Waals surface area contributed by atoms with E-state index >= 15 is 0 Å². The van der Waals surface area contributed by atoms with Gasteiger partial charge in [-0.15, -0.1) is 5.11 Å². The summed E-state index contributed by atoms with van der Waals surface area (Å²) < 4.78 is 0. The van der Waals surface area contributed by atoms with Crippen LogP contribution in [0.1, 0.15) is 0 Å². The molecule has 3 aromatic carbocycles. The molecule has 7 nitrogen and oxygen atoms in total. The monoisotopic (exact) mass is 334 g/mol. The van der Waals surface area contributed by atoms with Crippen molar-refractivity contribution < 1.29 is 10.0 Å². The summed E-state index contributed by atoms with van der Waals surface area (Å²) in [5.41, 5.74) is 7.48. The van der Waals surface area contributed by atoms with Crippen LogP contribution in [0.2, 0.25) is 0 Å². The van der Waals surface area contributed by atoms with Crippen molar-refractivity contribution in [2.75, 3.05) is 5.73 Å². The van der Waals surface area contributed by atoms with Gasteiger partial charge in [-0.1, -0.05) is 24.3 Å². The van der Waals surface area contributed by atoms with E-state index < -0.39 is 4.92 Å². The van der Waals surface area contributed by atoms with Gasteiger partial charge in [0.25, 0.3) is 5.69 Å². The van der Waals surface area contributed by atoms with Crippen molar-refractivity contribution in [1.29, 1.82) is 0 Å². The third-order valence-electron chi connectivity index (χ3n) is 3.53. The van der Waals surface area contributed by atoms with Gasteiger partial charge < -0.3 is 10.8 Å². The van der Waals surface area contributed by atoms with Gasteiger partial charge in [0.1, 0.15) is 5.75 Å². The quantitative estimate of drug-likeness (QED) is 0.303. The average molecular weight is 334 g/mol. The number of azo groups is 1. The van der Waals surface area contributed by atoms with Crippen molar-refractivity contribution in [3.8, 4) is 16.9 Å². The minimum atomic E-state index is -0.531. The molecular weight excluding hydrogens is 320 g/mol. The molecule has 25 heavy (non-hydrogen) atoms. The van der Waals surface area contributed by atoms with Crippen LogP contribution >= 0.6 is 0 Å². The van der Waals surface area contributed by atoms with Gasteiger partial charge in [-0.25, -0.2) is 0 Å². The van der Waals surface area contributed by atoms with E-state index in [4.69, 9.17) is 5.73 Å². The maximum atomic E-state index is 11.4. The predicted molar refractivity (Wildman–Crippen MR) is 95.2 cm³/mol. The van der Waals surface area contributed by atoms with E-state index in [-0.39, 0.29) is 17.1 Å². The molecule has 0 aliphatic carbocycles. The zero-order valence-corrected chi connectivity index (χ0v) is 13.0. The summed E-state index contributed by atoms with van der Waals surface area (Å²) in [4.78, 5) is 10.8. The number of rotatable bonds is 4. The molecule has 0 unspecified atom stereocenters. The molecule has 3 rings (SSSR count). The SMILES string of the molecule is Nc1ccc(-c2ccc(N=Nc3ccccc3)c([N+](=O)[O-])c2)c(O)c1. The molecule has 0 aromatic heterocycles. The molecular formula is C18H14N4O3. The normalized spacial score (nSPS) is 10.9. The lowest BCUT2D eigenvalue weighted by Crippen LogP contribution is -1.90. The first-order chi connectivity index (χ1) is 12.0. The Bertz CT molecular complexity index is 956. The lowest BCUT2D eigenvalue weighted by Gasteiger charge is -2.06. The minimum Gasteiger partial charge on any atom is -0.507 e. The van der Waals surface area contributed by atoms with Gasteiger partial charge >= 0.3 is 0 Å². The number of hydrogen-bond donors (Lipinski definition) is 2. The summed E-state index contributed by atoms with van der Waals surface area (Å²) >= 11 is 0. The van der Waals surface area contributed by atoms with E-state index in [1.54, 1.807) is 42.5 Å². The van der Waals surface area contributed by atoms with Crippen LogP contribution in [0.15, 0.2) is 77.0 Å². The molecule has 0 saturated heterocycles. The lowest BCUT2D eigenvalue weighted by atomic mass is 10.0. The van der Waals surface area contributed by atoms with Gasteiger partial charge in [0.2, 0.25) is 0 Å². The van der Waals surface area contributed by atoms with Crippen LogP contribution in [0.4, 0.5) is 22.7 Å². The van der Waals surface area contributed by atoms with Crippen LogP contribution in [-0.2, 0) is 0 Å². The van der Waals surface area contributed by atoms with Crippen molar-refractivity contribution in [1.82, 2.24) is 0 Å². The minimum absolute atomic E-state index is 0.0482. The predicted octanol–water partition coefficient (Wildman–Crippen LogP) is 4.97. The summed E-state index contributed by atoms with van der Waals surface area (Å²) in [5, 5.41) is 29.4. The summed E-state index contributed by atoms with van der Waals surface area (Å²) in [7, 11) is 0. The second-order valence-electron chi connectivity index (χ2n) is 5.27. The Morgan fingerprint density at radius 3 is 2.40 bits per heavy atom. The molecule has 0 bridgehead atoms. The highest BCUT2D eigenvalue weighted by molar-refractivity contribution is 5.77. The molecule has 7 heteroatoms. The summed E-state index contributed by atoms with van der Waals surface area (Å²) in [6.45, 7) is 0. The van der Waals surface area contributed by atoms with Gasteiger partial charge in [-0.2, -0.15) is 5.11 Å². The number of nitro groups is 1. The largest absolute Gasteiger partial charge is 0.507 e. The fraction of sp³-hybridized carbons (Fsp3) is 0. The molecule has 0 saturated carbocycles. The van der Waals surface area contributed by atoms with Gasteiger partial charge in [-0.3, -0.25) is 10.1 Å². The molecule has 0 atom stereocenters. The van der Waals surface area contributed by atoms with E-state index in [1.807, 2.05) is 6.07 Å². The third-order valence-corrected chi connectivity index (χ3v) is 3.53. The Morgan fingerprint density at radius 2 is 1.72 bits per heavy atom. The summed E-state index contributed by atoms with van der Waals surface area (Å²) in [6.07, 6.45) is 0. The zero-order valence-electron chi connectivity index (χ0n) is 13.0. The number of nitro benzene ring substituents is 1. The number of phenols is 1. The molecule has 3 N–H and O–H groups in total. The third kappa shape index (κ3) is 3.61. The van der Waals surface area contributed by atoms with Crippen LogP contribution in [0.5, 0.6) is 5.75 Å². The Labute approximate surface area is 143 Å². The molecule has 0 aliphatic heterocycles. The van der Waals surface area contributed by atoms with Crippen LogP contribution in [0.3, 0.4) is 0 Å². The number of nitrogens with two attached hydrogens (primary N) is 1. The molecule has 124 valence electrons.